The molecule has 4 aromatic rings. The first-order valence-corrected chi connectivity index (χ1v) is 22.0. The zero-order valence-electron chi connectivity index (χ0n) is 36.6. The van der Waals surface area contributed by atoms with E-state index in [4.69, 9.17) is 0 Å². The highest BCUT2D eigenvalue weighted by molar-refractivity contribution is 5.90. The Kier molecular flexibility index (Phi) is 17.5. The molecule has 5 rings (SSSR count). The minimum atomic E-state index is -0.689. The van der Waals surface area contributed by atoms with E-state index in [1.165, 1.54) is 0 Å². The minimum absolute atomic E-state index is 0.0738. The van der Waals surface area contributed by atoms with Crippen LogP contribution in [0.5, 0.6) is 0 Å². The zero-order chi connectivity index (χ0) is 42.9. The van der Waals surface area contributed by atoms with Crippen molar-refractivity contribution in [2.24, 2.45) is 5.41 Å². The quantitative estimate of drug-likeness (QED) is 0.0729. The van der Waals surface area contributed by atoms with Crippen molar-refractivity contribution in [1.82, 2.24) is 25.8 Å². The van der Waals surface area contributed by atoms with E-state index in [1.807, 2.05) is 85.2 Å². The molecule has 0 radical (unpaired) electrons. The molecule has 1 saturated heterocycles. The van der Waals surface area contributed by atoms with E-state index < -0.39 is 17.5 Å². The van der Waals surface area contributed by atoms with Gasteiger partial charge in [0.1, 0.15) is 6.04 Å². The molecule has 0 aliphatic carbocycles. The van der Waals surface area contributed by atoms with Crippen LogP contribution in [0.3, 0.4) is 0 Å². The van der Waals surface area contributed by atoms with Gasteiger partial charge in [0, 0.05) is 45.1 Å². The van der Waals surface area contributed by atoms with Crippen LogP contribution in [0.2, 0.25) is 0 Å². The van der Waals surface area contributed by atoms with Crippen molar-refractivity contribution in [3.63, 3.8) is 0 Å². The lowest BCUT2D eigenvalue weighted by molar-refractivity contribution is -0.142. The van der Waals surface area contributed by atoms with Crippen molar-refractivity contribution in [2.75, 3.05) is 20.1 Å². The summed E-state index contributed by atoms with van der Waals surface area (Å²) >= 11 is 0. The summed E-state index contributed by atoms with van der Waals surface area (Å²) in [5, 5.41) is 9.07. The number of rotatable bonds is 21. The van der Waals surface area contributed by atoms with Crippen LogP contribution in [-0.4, -0.2) is 71.7 Å². The molecule has 4 amide bonds. The Hall–Kier alpha value is -5.28. The van der Waals surface area contributed by atoms with Gasteiger partial charge in [0.2, 0.25) is 23.6 Å². The molecular weight excluding hydrogens is 747 g/mol. The lowest BCUT2D eigenvalue weighted by atomic mass is 9.85. The predicted octanol–water partition coefficient (Wildman–Crippen LogP) is 8.92. The van der Waals surface area contributed by atoms with E-state index in [0.29, 0.717) is 39.0 Å². The molecule has 0 spiro atoms. The van der Waals surface area contributed by atoms with Gasteiger partial charge in [0.15, 0.2) is 0 Å². The highest BCUT2D eigenvalue weighted by Crippen LogP contribution is 2.28. The Morgan fingerprint density at radius 1 is 0.717 bits per heavy atom. The Morgan fingerprint density at radius 3 is 1.87 bits per heavy atom. The maximum atomic E-state index is 14.2. The molecule has 0 bridgehead atoms. The average Bonchev–Trinajstić information content (AvgIpc) is 3.73. The maximum Gasteiger partial charge on any atom is 0.246 e. The van der Waals surface area contributed by atoms with Gasteiger partial charge in [0.25, 0.3) is 0 Å². The lowest BCUT2D eigenvalue weighted by Crippen LogP contribution is -2.59. The summed E-state index contributed by atoms with van der Waals surface area (Å²) in [6, 6.07) is 35.9. The Morgan fingerprint density at radius 2 is 1.27 bits per heavy atom. The number of hydrogen-bond acceptors (Lipinski definition) is 5. The predicted molar refractivity (Wildman–Crippen MR) is 243 cm³/mol. The largest absolute Gasteiger partial charge is 0.352 e. The van der Waals surface area contributed by atoms with E-state index in [9.17, 15) is 19.2 Å². The number of benzene rings is 4. The molecule has 0 saturated carbocycles. The molecule has 9 nitrogen and oxygen atoms in total. The number of carbonyl (C=O) groups excluding carboxylic acids is 4. The average molecular weight is 814 g/mol. The van der Waals surface area contributed by atoms with E-state index >= 15 is 0 Å². The standard InChI is InChI=1S/C51H67N5O4/c1-38(52-5)49(59)54-48(51(2,3)4)50(60)56-32-20-29-45(56)37-55(36-40-22-19-28-44(34-40)42-25-14-11-15-26-42)47(58)31-17-9-7-6-8-16-30-46(57)53-35-39-21-18-27-43(33-39)41-23-12-10-13-24-41/h10-15,18-19,21-28,33-34,38,45,48,52H,6-9,16-17,20,29-32,35-37H2,1-5H3,(H,53,57)(H,54,59)/t38-,45-,48+/m0/s1. The zero-order valence-corrected chi connectivity index (χ0v) is 36.6. The monoisotopic (exact) mass is 814 g/mol. The van der Waals surface area contributed by atoms with Gasteiger partial charge in [-0.1, -0.05) is 144 Å². The van der Waals surface area contributed by atoms with E-state index in [-0.39, 0.29) is 29.7 Å². The molecule has 60 heavy (non-hydrogen) atoms. The summed E-state index contributed by atoms with van der Waals surface area (Å²) in [5.74, 6) is -0.135. The van der Waals surface area contributed by atoms with Gasteiger partial charge in [-0.3, -0.25) is 19.2 Å². The highest BCUT2D eigenvalue weighted by Gasteiger charge is 2.40. The molecule has 1 fully saturated rings. The van der Waals surface area contributed by atoms with Crippen molar-refractivity contribution in [2.45, 2.75) is 123 Å². The van der Waals surface area contributed by atoms with Crippen LogP contribution in [0.1, 0.15) is 103 Å². The van der Waals surface area contributed by atoms with Gasteiger partial charge in [0.05, 0.1) is 6.04 Å². The smallest absolute Gasteiger partial charge is 0.246 e. The van der Waals surface area contributed by atoms with Crippen LogP contribution in [-0.2, 0) is 32.3 Å². The fraction of sp³-hybridized carbons (Fsp3) is 0.451. The van der Waals surface area contributed by atoms with Crippen molar-refractivity contribution in [3.05, 3.63) is 120 Å². The Labute approximate surface area is 358 Å². The van der Waals surface area contributed by atoms with Crippen molar-refractivity contribution < 1.29 is 19.2 Å². The molecule has 3 N–H and O–H groups in total. The molecular formula is C51H67N5O4. The lowest BCUT2D eigenvalue weighted by Gasteiger charge is -2.37. The second kappa shape index (κ2) is 22.9. The third-order valence-corrected chi connectivity index (χ3v) is 11.6. The molecule has 1 aliphatic rings. The fourth-order valence-electron chi connectivity index (χ4n) is 7.95. The first-order chi connectivity index (χ1) is 28.9. The molecule has 0 unspecified atom stereocenters. The van der Waals surface area contributed by atoms with Gasteiger partial charge in [-0.2, -0.15) is 0 Å². The number of likely N-dealkylation sites (N-methyl/N-ethyl adjacent to an activating group) is 1. The van der Waals surface area contributed by atoms with Crippen molar-refractivity contribution >= 4 is 23.6 Å². The van der Waals surface area contributed by atoms with Crippen LogP contribution in [0, 0.1) is 5.41 Å². The second-order valence-electron chi connectivity index (χ2n) is 17.5. The molecule has 4 aromatic carbocycles. The number of unbranched alkanes of at least 4 members (excludes halogenated alkanes) is 5. The number of amides is 4. The van der Waals surface area contributed by atoms with Crippen LogP contribution < -0.4 is 16.0 Å². The molecule has 3 atom stereocenters. The summed E-state index contributed by atoms with van der Waals surface area (Å²) in [4.78, 5) is 57.7. The third-order valence-electron chi connectivity index (χ3n) is 11.6. The normalized spacial score (nSPS) is 14.9. The van der Waals surface area contributed by atoms with Gasteiger partial charge in [-0.05, 0) is 90.6 Å². The Bertz CT molecular complexity index is 1980. The highest BCUT2D eigenvalue weighted by atomic mass is 16.2. The first-order valence-electron chi connectivity index (χ1n) is 22.0. The SMILES string of the molecule is CN[C@@H](C)C(=O)N[C@H](C(=O)N1CCC[C@H]1CN(Cc1cccc(-c2ccccc2)c1)C(=O)CCCCCCCCC(=O)NCc1cccc(-c2ccccc2)c1)C(C)(C)C. The maximum absolute atomic E-state index is 14.2. The van der Waals surface area contributed by atoms with Crippen LogP contribution in [0.25, 0.3) is 22.3 Å². The van der Waals surface area contributed by atoms with Crippen LogP contribution >= 0.6 is 0 Å². The topological polar surface area (TPSA) is 111 Å². The second-order valence-corrected chi connectivity index (χ2v) is 17.5. The first kappa shape index (κ1) is 45.8. The van der Waals surface area contributed by atoms with Crippen LogP contribution in [0.4, 0.5) is 0 Å². The van der Waals surface area contributed by atoms with Crippen molar-refractivity contribution in [3.8, 4) is 22.3 Å². The van der Waals surface area contributed by atoms with Crippen molar-refractivity contribution in [1.29, 1.82) is 0 Å². The molecule has 9 heteroatoms. The molecule has 1 aliphatic heterocycles. The summed E-state index contributed by atoms with van der Waals surface area (Å²) < 4.78 is 0. The van der Waals surface area contributed by atoms with Gasteiger partial charge < -0.3 is 25.8 Å². The van der Waals surface area contributed by atoms with E-state index in [0.717, 1.165) is 84.7 Å². The third kappa shape index (κ3) is 13.9. The summed E-state index contributed by atoms with van der Waals surface area (Å²) in [7, 11) is 1.73. The van der Waals surface area contributed by atoms with Crippen LogP contribution in [0.15, 0.2) is 109 Å². The number of hydrogen-bond donors (Lipinski definition) is 3. The van der Waals surface area contributed by atoms with E-state index in [1.54, 1.807) is 14.0 Å². The van der Waals surface area contributed by atoms with Gasteiger partial charge >= 0.3 is 0 Å². The number of carbonyl (C=O) groups is 4. The summed E-state index contributed by atoms with van der Waals surface area (Å²) in [6.45, 7) is 9.73. The number of nitrogens with zero attached hydrogens (tertiary/aromatic N) is 2. The number of nitrogens with one attached hydrogen (secondary N) is 3. The summed E-state index contributed by atoms with van der Waals surface area (Å²) in [6.07, 6.45) is 8.19. The minimum Gasteiger partial charge on any atom is -0.352 e. The molecule has 0 aromatic heterocycles. The number of likely N-dealkylation sites (tertiary alicyclic amines) is 1. The van der Waals surface area contributed by atoms with E-state index in [2.05, 4.69) is 70.5 Å². The Balaban J connectivity index is 1.12. The molecule has 320 valence electrons. The van der Waals surface area contributed by atoms with Gasteiger partial charge in [-0.15, -0.1) is 0 Å². The fourth-order valence-corrected chi connectivity index (χ4v) is 7.95. The van der Waals surface area contributed by atoms with Gasteiger partial charge in [-0.25, -0.2) is 0 Å². The summed E-state index contributed by atoms with van der Waals surface area (Å²) in [5.41, 5.74) is 6.17. The molecule has 1 heterocycles.